The zero-order chi connectivity index (χ0) is 15.9. The molecule has 0 aliphatic heterocycles. The molecule has 0 fully saturated rings. The summed E-state index contributed by atoms with van der Waals surface area (Å²) >= 11 is 0. The van der Waals surface area contributed by atoms with Gasteiger partial charge in [-0.25, -0.2) is 0 Å². The van der Waals surface area contributed by atoms with E-state index >= 15 is 0 Å². The highest BCUT2D eigenvalue weighted by Gasteiger charge is 2.02. The van der Waals surface area contributed by atoms with E-state index < -0.39 is 0 Å². The molecular formula is C22H21N. The molecule has 0 saturated carbocycles. The average Bonchev–Trinajstić information content (AvgIpc) is 2.62. The van der Waals surface area contributed by atoms with Gasteiger partial charge in [-0.1, -0.05) is 78.4 Å². The molecule has 0 saturated heterocycles. The molecule has 1 heteroatoms. The number of rotatable bonds is 5. The van der Waals surface area contributed by atoms with Crippen LogP contribution in [0.25, 0.3) is 11.6 Å². The molecule has 1 N–H and O–H groups in total. The molecular weight excluding hydrogens is 278 g/mol. The Morgan fingerprint density at radius 3 is 2.04 bits per heavy atom. The van der Waals surface area contributed by atoms with Crippen LogP contribution in [-0.4, -0.2) is 6.54 Å². The Morgan fingerprint density at radius 1 is 0.783 bits per heavy atom. The van der Waals surface area contributed by atoms with Crippen LogP contribution in [0.4, 0.5) is 5.69 Å². The number of benzene rings is 3. The highest BCUT2D eigenvalue weighted by atomic mass is 14.9. The van der Waals surface area contributed by atoms with Gasteiger partial charge in [-0.3, -0.25) is 0 Å². The first kappa shape index (κ1) is 15.1. The van der Waals surface area contributed by atoms with Crippen molar-refractivity contribution >= 4 is 17.3 Å². The van der Waals surface area contributed by atoms with E-state index in [4.69, 9.17) is 0 Å². The zero-order valence-corrected chi connectivity index (χ0v) is 13.4. The standard InChI is InChI=1S/C22H21N/c1-18-12-14-19(15-13-18)16-21(20-8-4-2-5-9-20)17-23-22-10-6-3-7-11-22/h2-16,23H,17H2,1H3/b21-16-. The Labute approximate surface area is 138 Å². The highest BCUT2D eigenvalue weighted by Crippen LogP contribution is 2.19. The molecule has 0 atom stereocenters. The molecule has 0 aliphatic rings. The molecule has 3 aromatic carbocycles. The maximum absolute atomic E-state index is 3.51. The fourth-order valence-electron chi connectivity index (χ4n) is 2.51. The van der Waals surface area contributed by atoms with Gasteiger partial charge in [0.1, 0.15) is 0 Å². The molecule has 0 aliphatic carbocycles. The van der Waals surface area contributed by atoms with Crippen molar-refractivity contribution in [2.75, 3.05) is 11.9 Å². The van der Waals surface area contributed by atoms with Gasteiger partial charge in [0.15, 0.2) is 0 Å². The molecule has 0 unspecified atom stereocenters. The average molecular weight is 299 g/mol. The largest absolute Gasteiger partial charge is 0.381 e. The second-order valence-corrected chi connectivity index (χ2v) is 5.67. The van der Waals surface area contributed by atoms with Crippen LogP contribution in [0.15, 0.2) is 84.9 Å². The monoisotopic (exact) mass is 299 g/mol. The van der Waals surface area contributed by atoms with Gasteiger partial charge in [-0.05, 0) is 41.8 Å². The summed E-state index contributed by atoms with van der Waals surface area (Å²) in [6, 6.07) is 29.5. The van der Waals surface area contributed by atoms with E-state index in [1.54, 1.807) is 0 Å². The van der Waals surface area contributed by atoms with Crippen LogP contribution < -0.4 is 5.32 Å². The lowest BCUT2D eigenvalue weighted by Gasteiger charge is -2.11. The third kappa shape index (κ3) is 4.33. The molecule has 0 bridgehead atoms. The SMILES string of the molecule is Cc1ccc(/C=C(/CNc2ccccc2)c2ccccc2)cc1. The van der Waals surface area contributed by atoms with Gasteiger partial charge >= 0.3 is 0 Å². The van der Waals surface area contributed by atoms with Gasteiger partial charge in [0.25, 0.3) is 0 Å². The maximum atomic E-state index is 3.51. The van der Waals surface area contributed by atoms with Crippen molar-refractivity contribution < 1.29 is 0 Å². The van der Waals surface area contributed by atoms with E-state index in [0.717, 1.165) is 12.2 Å². The van der Waals surface area contributed by atoms with Crippen LogP contribution in [0.5, 0.6) is 0 Å². The number of nitrogens with one attached hydrogen (secondary N) is 1. The first-order chi connectivity index (χ1) is 11.3. The number of anilines is 1. The summed E-state index contributed by atoms with van der Waals surface area (Å²) in [5, 5.41) is 3.51. The summed E-state index contributed by atoms with van der Waals surface area (Å²) in [5.74, 6) is 0. The second-order valence-electron chi connectivity index (χ2n) is 5.67. The van der Waals surface area contributed by atoms with Crippen LogP contribution in [0, 0.1) is 6.92 Å². The van der Waals surface area contributed by atoms with E-state index in [1.165, 1.54) is 22.3 Å². The lowest BCUT2D eigenvalue weighted by atomic mass is 10.0. The number of hydrogen-bond donors (Lipinski definition) is 1. The van der Waals surface area contributed by atoms with Gasteiger partial charge in [0, 0.05) is 12.2 Å². The van der Waals surface area contributed by atoms with Crippen molar-refractivity contribution in [1.82, 2.24) is 0 Å². The Bertz CT molecular complexity index is 756. The Hall–Kier alpha value is -2.80. The molecule has 1 nitrogen and oxygen atoms in total. The van der Waals surface area contributed by atoms with E-state index in [0.29, 0.717) is 0 Å². The van der Waals surface area contributed by atoms with Gasteiger partial charge in [-0.15, -0.1) is 0 Å². The van der Waals surface area contributed by atoms with E-state index in [1.807, 2.05) is 18.2 Å². The number of para-hydroxylation sites is 1. The van der Waals surface area contributed by atoms with Gasteiger partial charge in [0.05, 0.1) is 0 Å². The molecule has 23 heavy (non-hydrogen) atoms. The highest BCUT2D eigenvalue weighted by molar-refractivity contribution is 5.83. The smallest absolute Gasteiger partial charge is 0.0406 e. The fraction of sp³-hybridized carbons (Fsp3) is 0.0909. The van der Waals surface area contributed by atoms with E-state index in [-0.39, 0.29) is 0 Å². The fourth-order valence-corrected chi connectivity index (χ4v) is 2.51. The first-order valence-electron chi connectivity index (χ1n) is 7.93. The third-order valence-electron chi connectivity index (χ3n) is 3.82. The Morgan fingerprint density at radius 2 is 1.39 bits per heavy atom. The summed E-state index contributed by atoms with van der Waals surface area (Å²) < 4.78 is 0. The minimum atomic E-state index is 0.794. The van der Waals surface area contributed by atoms with Crippen molar-refractivity contribution in [2.45, 2.75) is 6.92 Å². The number of aryl methyl sites for hydroxylation is 1. The quantitative estimate of drug-likeness (QED) is 0.600. The Balaban J connectivity index is 1.86. The summed E-state index contributed by atoms with van der Waals surface area (Å²) in [5.41, 5.74) is 6.17. The summed E-state index contributed by atoms with van der Waals surface area (Å²) in [4.78, 5) is 0. The summed E-state index contributed by atoms with van der Waals surface area (Å²) in [7, 11) is 0. The second kappa shape index (κ2) is 7.46. The van der Waals surface area contributed by atoms with Gasteiger partial charge in [-0.2, -0.15) is 0 Å². The van der Waals surface area contributed by atoms with Crippen molar-refractivity contribution in [3.8, 4) is 0 Å². The number of hydrogen-bond acceptors (Lipinski definition) is 1. The van der Waals surface area contributed by atoms with Gasteiger partial charge in [0.2, 0.25) is 0 Å². The molecule has 0 amide bonds. The predicted molar refractivity (Wildman–Crippen MR) is 100 cm³/mol. The normalized spacial score (nSPS) is 11.3. The van der Waals surface area contributed by atoms with Crippen LogP contribution >= 0.6 is 0 Å². The minimum Gasteiger partial charge on any atom is -0.381 e. The van der Waals surface area contributed by atoms with E-state index in [9.17, 15) is 0 Å². The van der Waals surface area contributed by atoms with Crippen molar-refractivity contribution in [1.29, 1.82) is 0 Å². The third-order valence-corrected chi connectivity index (χ3v) is 3.82. The van der Waals surface area contributed by atoms with Gasteiger partial charge < -0.3 is 5.32 Å². The minimum absolute atomic E-state index is 0.794. The van der Waals surface area contributed by atoms with Crippen molar-refractivity contribution in [3.05, 3.63) is 102 Å². The topological polar surface area (TPSA) is 12.0 Å². The molecule has 3 aromatic rings. The van der Waals surface area contributed by atoms with Crippen molar-refractivity contribution in [3.63, 3.8) is 0 Å². The lowest BCUT2D eigenvalue weighted by molar-refractivity contribution is 1.34. The molecule has 0 spiro atoms. The Kier molecular flexibility index (Phi) is 4.90. The molecule has 3 rings (SSSR count). The van der Waals surface area contributed by atoms with Crippen LogP contribution in [0.1, 0.15) is 16.7 Å². The van der Waals surface area contributed by atoms with E-state index in [2.05, 4.69) is 85.0 Å². The molecule has 0 heterocycles. The zero-order valence-electron chi connectivity index (χ0n) is 13.4. The summed E-state index contributed by atoms with van der Waals surface area (Å²) in [6.45, 7) is 2.91. The van der Waals surface area contributed by atoms with Crippen LogP contribution in [0.3, 0.4) is 0 Å². The molecule has 0 radical (unpaired) electrons. The van der Waals surface area contributed by atoms with Crippen LogP contribution in [-0.2, 0) is 0 Å². The van der Waals surface area contributed by atoms with Crippen molar-refractivity contribution in [2.24, 2.45) is 0 Å². The molecule has 114 valence electrons. The lowest BCUT2D eigenvalue weighted by Crippen LogP contribution is -2.04. The predicted octanol–water partition coefficient (Wildman–Crippen LogP) is 5.65. The first-order valence-corrected chi connectivity index (χ1v) is 7.93. The summed E-state index contributed by atoms with van der Waals surface area (Å²) in [6.07, 6.45) is 2.25. The maximum Gasteiger partial charge on any atom is 0.0406 e. The molecule has 0 aromatic heterocycles. The van der Waals surface area contributed by atoms with Crippen LogP contribution in [0.2, 0.25) is 0 Å².